The van der Waals surface area contributed by atoms with Crippen molar-refractivity contribution in [3.8, 4) is 5.75 Å². The first-order chi connectivity index (χ1) is 10.5. The van der Waals surface area contributed by atoms with Crippen LogP contribution in [0.2, 0.25) is 0 Å². The lowest BCUT2D eigenvalue weighted by Crippen LogP contribution is -2.53. The standard InChI is InChI=1S/C15H21BrN2O2.C2H6/c1-10-6-11(2)15(12(3)14(10)16)20-8-13-7-17-4-5-18(13)9-19;1-2/h6,9,13,17H,4-5,7-8H2,1-3H3;1-2H3. The van der Waals surface area contributed by atoms with Gasteiger partial charge in [-0.3, -0.25) is 4.79 Å². The summed E-state index contributed by atoms with van der Waals surface area (Å²) in [5.41, 5.74) is 3.45. The van der Waals surface area contributed by atoms with Gasteiger partial charge in [-0.2, -0.15) is 0 Å². The summed E-state index contributed by atoms with van der Waals surface area (Å²) in [7, 11) is 0. The summed E-state index contributed by atoms with van der Waals surface area (Å²) >= 11 is 3.60. The number of hydrogen-bond acceptors (Lipinski definition) is 3. The van der Waals surface area contributed by atoms with Crippen molar-refractivity contribution in [2.45, 2.75) is 40.7 Å². The number of piperazine rings is 1. The molecular weight excluding hydrogens is 344 g/mol. The predicted molar refractivity (Wildman–Crippen MR) is 94.6 cm³/mol. The van der Waals surface area contributed by atoms with E-state index in [0.29, 0.717) is 6.61 Å². The van der Waals surface area contributed by atoms with Crippen LogP contribution in [0.25, 0.3) is 0 Å². The van der Waals surface area contributed by atoms with Gasteiger partial charge in [0.1, 0.15) is 12.4 Å². The highest BCUT2D eigenvalue weighted by atomic mass is 79.9. The van der Waals surface area contributed by atoms with E-state index in [1.54, 1.807) is 0 Å². The molecule has 1 unspecified atom stereocenters. The van der Waals surface area contributed by atoms with E-state index in [1.807, 2.05) is 18.7 Å². The Balaban J connectivity index is 0.00000116. The quantitative estimate of drug-likeness (QED) is 0.827. The maximum atomic E-state index is 11.0. The van der Waals surface area contributed by atoms with Crippen molar-refractivity contribution >= 4 is 22.3 Å². The van der Waals surface area contributed by atoms with E-state index in [-0.39, 0.29) is 6.04 Å². The highest BCUT2D eigenvalue weighted by molar-refractivity contribution is 9.10. The Morgan fingerprint density at radius 2 is 2.05 bits per heavy atom. The summed E-state index contributed by atoms with van der Waals surface area (Å²) in [6.07, 6.45) is 0.916. The minimum Gasteiger partial charge on any atom is -0.491 e. The van der Waals surface area contributed by atoms with Crippen LogP contribution in [0, 0.1) is 20.8 Å². The van der Waals surface area contributed by atoms with Crippen LogP contribution in [-0.4, -0.2) is 43.6 Å². The molecule has 124 valence electrons. The highest BCUT2D eigenvalue weighted by Gasteiger charge is 2.22. The Hall–Kier alpha value is -1.07. The van der Waals surface area contributed by atoms with E-state index in [0.717, 1.165) is 47.4 Å². The Morgan fingerprint density at radius 3 is 2.68 bits per heavy atom. The Kier molecular flexibility index (Phi) is 7.90. The molecule has 1 fully saturated rings. The van der Waals surface area contributed by atoms with Gasteiger partial charge >= 0.3 is 0 Å². The predicted octanol–water partition coefficient (Wildman–Crippen LogP) is 3.21. The zero-order chi connectivity index (χ0) is 16.7. The van der Waals surface area contributed by atoms with Gasteiger partial charge in [-0.05, 0) is 31.9 Å². The molecule has 0 aromatic heterocycles. The molecule has 1 aliphatic rings. The molecule has 0 spiro atoms. The van der Waals surface area contributed by atoms with Crippen LogP contribution < -0.4 is 10.1 Å². The molecule has 1 amide bonds. The van der Waals surface area contributed by atoms with Gasteiger partial charge in [0, 0.05) is 29.7 Å². The van der Waals surface area contributed by atoms with E-state index in [9.17, 15) is 4.79 Å². The molecule has 1 heterocycles. The maximum Gasteiger partial charge on any atom is 0.210 e. The molecular formula is C17H27BrN2O2. The molecule has 2 rings (SSSR count). The smallest absolute Gasteiger partial charge is 0.210 e. The van der Waals surface area contributed by atoms with Gasteiger partial charge < -0.3 is 15.0 Å². The van der Waals surface area contributed by atoms with Crippen LogP contribution in [0.15, 0.2) is 10.5 Å². The molecule has 1 N–H and O–H groups in total. The average Bonchev–Trinajstić information content (AvgIpc) is 2.55. The molecule has 0 saturated carbocycles. The van der Waals surface area contributed by atoms with Crippen LogP contribution >= 0.6 is 15.9 Å². The second-order valence-electron chi connectivity index (χ2n) is 5.29. The first kappa shape index (κ1) is 19.0. The third kappa shape index (κ3) is 4.46. The lowest BCUT2D eigenvalue weighted by molar-refractivity contribution is -0.121. The lowest BCUT2D eigenvalue weighted by Gasteiger charge is -2.33. The van der Waals surface area contributed by atoms with E-state index < -0.39 is 0 Å². The van der Waals surface area contributed by atoms with E-state index in [4.69, 9.17) is 4.74 Å². The highest BCUT2D eigenvalue weighted by Crippen LogP contribution is 2.32. The number of carbonyl (C=O) groups excluding carboxylic acids is 1. The molecule has 0 radical (unpaired) electrons. The van der Waals surface area contributed by atoms with Gasteiger partial charge in [-0.25, -0.2) is 0 Å². The summed E-state index contributed by atoms with van der Waals surface area (Å²) in [5.74, 6) is 0.916. The van der Waals surface area contributed by atoms with Gasteiger partial charge in [0.15, 0.2) is 0 Å². The zero-order valence-electron chi connectivity index (χ0n) is 14.2. The topological polar surface area (TPSA) is 41.6 Å². The van der Waals surface area contributed by atoms with Gasteiger partial charge in [0.05, 0.1) is 6.04 Å². The third-order valence-electron chi connectivity index (χ3n) is 3.76. The van der Waals surface area contributed by atoms with Crippen molar-refractivity contribution in [2.24, 2.45) is 0 Å². The number of aryl methyl sites for hydroxylation is 2. The van der Waals surface area contributed by atoms with Crippen molar-refractivity contribution in [3.05, 3.63) is 27.2 Å². The molecule has 1 aliphatic heterocycles. The van der Waals surface area contributed by atoms with E-state index >= 15 is 0 Å². The number of nitrogens with one attached hydrogen (secondary N) is 1. The number of halogens is 1. The van der Waals surface area contributed by atoms with Crippen LogP contribution in [-0.2, 0) is 4.79 Å². The monoisotopic (exact) mass is 370 g/mol. The summed E-state index contributed by atoms with van der Waals surface area (Å²) in [5, 5.41) is 3.30. The largest absolute Gasteiger partial charge is 0.491 e. The first-order valence-corrected chi connectivity index (χ1v) is 8.64. The average molecular weight is 371 g/mol. The van der Waals surface area contributed by atoms with Gasteiger partial charge in [-0.15, -0.1) is 0 Å². The summed E-state index contributed by atoms with van der Waals surface area (Å²) in [6.45, 7) is 13.1. The Labute approximate surface area is 142 Å². The second-order valence-corrected chi connectivity index (χ2v) is 6.08. The second kappa shape index (κ2) is 9.16. The summed E-state index contributed by atoms with van der Waals surface area (Å²) in [6, 6.07) is 2.21. The van der Waals surface area contributed by atoms with Crippen LogP contribution in [0.4, 0.5) is 0 Å². The van der Waals surface area contributed by atoms with Gasteiger partial charge in [-0.1, -0.05) is 35.8 Å². The molecule has 22 heavy (non-hydrogen) atoms. The fraction of sp³-hybridized carbons (Fsp3) is 0.588. The molecule has 1 saturated heterocycles. The molecule has 0 aliphatic carbocycles. The van der Waals surface area contributed by atoms with Crippen molar-refractivity contribution in [1.29, 1.82) is 0 Å². The lowest BCUT2D eigenvalue weighted by atomic mass is 10.1. The molecule has 1 atom stereocenters. The van der Waals surface area contributed by atoms with E-state index in [1.165, 1.54) is 5.56 Å². The van der Waals surface area contributed by atoms with Crippen molar-refractivity contribution in [1.82, 2.24) is 10.2 Å². The number of rotatable bonds is 4. The fourth-order valence-electron chi connectivity index (χ4n) is 2.62. The summed E-state index contributed by atoms with van der Waals surface area (Å²) < 4.78 is 7.09. The normalized spacial score (nSPS) is 17.5. The van der Waals surface area contributed by atoms with Crippen molar-refractivity contribution in [3.63, 3.8) is 0 Å². The minimum absolute atomic E-state index is 0.0973. The number of benzene rings is 1. The van der Waals surface area contributed by atoms with Crippen molar-refractivity contribution < 1.29 is 9.53 Å². The Morgan fingerprint density at radius 1 is 1.36 bits per heavy atom. The number of carbonyl (C=O) groups is 1. The molecule has 1 aromatic rings. The molecule has 4 nitrogen and oxygen atoms in total. The number of nitrogens with zero attached hydrogens (tertiary/aromatic N) is 1. The van der Waals surface area contributed by atoms with Gasteiger partial charge in [0.25, 0.3) is 0 Å². The fourth-order valence-corrected chi connectivity index (χ4v) is 2.91. The van der Waals surface area contributed by atoms with Crippen LogP contribution in [0.3, 0.4) is 0 Å². The van der Waals surface area contributed by atoms with E-state index in [2.05, 4.69) is 48.1 Å². The zero-order valence-corrected chi connectivity index (χ0v) is 15.8. The van der Waals surface area contributed by atoms with Crippen molar-refractivity contribution in [2.75, 3.05) is 26.2 Å². The summed E-state index contributed by atoms with van der Waals surface area (Å²) in [4.78, 5) is 12.9. The van der Waals surface area contributed by atoms with Gasteiger partial charge in [0.2, 0.25) is 6.41 Å². The SMILES string of the molecule is CC.Cc1cc(C)c(OCC2CNCCN2C=O)c(C)c1Br. The molecule has 1 aromatic carbocycles. The number of hydrogen-bond donors (Lipinski definition) is 1. The minimum atomic E-state index is 0.0973. The number of amides is 1. The third-order valence-corrected chi connectivity index (χ3v) is 4.98. The molecule has 5 heteroatoms. The number of ether oxygens (including phenoxy) is 1. The van der Waals surface area contributed by atoms with Crippen LogP contribution in [0.5, 0.6) is 5.75 Å². The molecule has 0 bridgehead atoms. The maximum absolute atomic E-state index is 11.0. The van der Waals surface area contributed by atoms with Crippen LogP contribution in [0.1, 0.15) is 30.5 Å². The first-order valence-electron chi connectivity index (χ1n) is 7.85. The Bertz CT molecular complexity index is 506.